The molecule has 3 aromatic heterocycles. The predicted octanol–water partition coefficient (Wildman–Crippen LogP) is 4.79. The van der Waals surface area contributed by atoms with Crippen LogP contribution >= 0.6 is 0 Å². The maximum absolute atomic E-state index is 9.99. The lowest BCUT2D eigenvalue weighted by Crippen LogP contribution is -1.98. The summed E-state index contributed by atoms with van der Waals surface area (Å²) >= 11 is 0. The Bertz CT molecular complexity index is 1460. The van der Waals surface area contributed by atoms with Crippen LogP contribution in [0.15, 0.2) is 91.4 Å². The Kier molecular flexibility index (Phi) is 5.32. The van der Waals surface area contributed by atoms with E-state index in [0.29, 0.717) is 17.2 Å². The van der Waals surface area contributed by atoms with Crippen molar-refractivity contribution in [3.05, 3.63) is 103 Å². The van der Waals surface area contributed by atoms with Gasteiger partial charge in [-0.3, -0.25) is 4.98 Å². The molecule has 7 heteroatoms. The van der Waals surface area contributed by atoms with Gasteiger partial charge >= 0.3 is 0 Å². The molecule has 0 N–H and O–H groups in total. The van der Waals surface area contributed by atoms with Crippen molar-refractivity contribution in [2.75, 3.05) is 0 Å². The van der Waals surface area contributed by atoms with Gasteiger partial charge in [0.05, 0.1) is 11.3 Å². The minimum Gasteiger partial charge on any atom is -0.310 e. The van der Waals surface area contributed by atoms with E-state index in [1.165, 1.54) is 0 Å². The van der Waals surface area contributed by atoms with Gasteiger partial charge in [-0.05, 0) is 30.3 Å². The number of para-hydroxylation sites is 1. The zero-order chi connectivity index (χ0) is 22.6. The molecule has 5 aromatic rings. The van der Waals surface area contributed by atoms with Crippen LogP contribution in [0.4, 0.5) is 0 Å². The zero-order valence-electron chi connectivity index (χ0n) is 17.9. The Hall–Kier alpha value is -4.83. The summed E-state index contributed by atoms with van der Waals surface area (Å²) in [6, 6.07) is 25.7. The van der Waals surface area contributed by atoms with E-state index in [1.54, 1.807) is 18.5 Å². The van der Waals surface area contributed by atoms with E-state index in [-0.39, 0.29) is 0 Å². The summed E-state index contributed by atoms with van der Waals surface area (Å²) in [5.74, 6) is 1.19. The first-order valence-electron chi connectivity index (χ1n) is 10.4. The normalized spacial score (nSPS) is 11.3. The Morgan fingerprint density at radius 2 is 1.58 bits per heavy atom. The first kappa shape index (κ1) is 20.1. The first-order chi connectivity index (χ1) is 16.2. The second-order valence-electron chi connectivity index (χ2n) is 7.39. The Balaban J connectivity index is 1.63. The van der Waals surface area contributed by atoms with Gasteiger partial charge in [0.2, 0.25) is 0 Å². The average molecular weight is 429 g/mol. The van der Waals surface area contributed by atoms with Crippen molar-refractivity contribution in [2.45, 2.75) is 0 Å². The lowest BCUT2D eigenvalue weighted by atomic mass is 10.1. The molecule has 0 unspecified atom stereocenters. The second-order valence-corrected chi connectivity index (χ2v) is 7.39. The van der Waals surface area contributed by atoms with E-state index in [4.69, 9.17) is 5.10 Å². The molecule has 0 fully saturated rings. The van der Waals surface area contributed by atoms with Crippen molar-refractivity contribution in [2.24, 2.45) is 7.05 Å². The van der Waals surface area contributed by atoms with Crippen molar-refractivity contribution >= 4 is 11.6 Å². The number of rotatable bonds is 5. The Morgan fingerprint density at radius 1 is 0.879 bits per heavy atom. The zero-order valence-corrected chi connectivity index (χ0v) is 17.9. The van der Waals surface area contributed by atoms with Crippen molar-refractivity contribution in [3.63, 3.8) is 0 Å². The number of pyridine rings is 1. The van der Waals surface area contributed by atoms with E-state index < -0.39 is 0 Å². The molecule has 33 heavy (non-hydrogen) atoms. The summed E-state index contributed by atoms with van der Waals surface area (Å²) in [7, 11) is 1.86. The standard InChI is InChI=1S/C26H19N7/c1-32-25(20-8-4-2-5-9-20)29-30-26(32)21(17-27)16-22-18-33(23-10-6-3-7-11-23)31-24(22)19-12-14-28-15-13-19/h2-16,18H,1H3. The number of benzene rings is 2. The number of nitriles is 1. The largest absolute Gasteiger partial charge is 0.310 e. The van der Waals surface area contributed by atoms with Crippen molar-refractivity contribution in [3.8, 4) is 34.4 Å². The number of nitrogens with zero attached hydrogens (tertiary/aromatic N) is 7. The SMILES string of the molecule is Cn1c(C(C#N)=Cc2cn(-c3ccccc3)nc2-c2ccncc2)nnc1-c1ccccc1. The summed E-state index contributed by atoms with van der Waals surface area (Å²) in [5, 5.41) is 23.4. The molecule has 0 aliphatic rings. The van der Waals surface area contributed by atoms with Gasteiger partial charge < -0.3 is 4.57 Å². The highest BCUT2D eigenvalue weighted by Crippen LogP contribution is 2.28. The molecule has 0 aliphatic heterocycles. The molecule has 0 radical (unpaired) electrons. The van der Waals surface area contributed by atoms with Gasteiger partial charge in [-0.2, -0.15) is 10.4 Å². The van der Waals surface area contributed by atoms with Gasteiger partial charge in [0.15, 0.2) is 11.6 Å². The molecule has 0 bridgehead atoms. The molecule has 158 valence electrons. The molecular formula is C26H19N7. The number of aromatic nitrogens is 6. The van der Waals surface area contributed by atoms with Crippen LogP contribution in [0.3, 0.4) is 0 Å². The molecule has 5 rings (SSSR count). The summed E-state index contributed by atoms with van der Waals surface area (Å²) in [5.41, 5.74) is 4.72. The smallest absolute Gasteiger partial charge is 0.174 e. The molecule has 0 amide bonds. The summed E-state index contributed by atoms with van der Waals surface area (Å²) in [6.45, 7) is 0. The van der Waals surface area contributed by atoms with E-state index in [0.717, 1.165) is 28.1 Å². The van der Waals surface area contributed by atoms with Gasteiger partial charge in [0.1, 0.15) is 11.8 Å². The average Bonchev–Trinajstić information content (AvgIpc) is 3.48. The molecule has 0 saturated heterocycles. The van der Waals surface area contributed by atoms with E-state index in [1.807, 2.05) is 95.3 Å². The quantitative estimate of drug-likeness (QED) is 0.375. The monoisotopic (exact) mass is 429 g/mol. The van der Waals surface area contributed by atoms with Gasteiger partial charge in [0, 0.05) is 42.3 Å². The van der Waals surface area contributed by atoms with Crippen LogP contribution in [0, 0.1) is 11.3 Å². The van der Waals surface area contributed by atoms with Crippen LogP contribution in [0.2, 0.25) is 0 Å². The van der Waals surface area contributed by atoms with Crippen LogP contribution in [0.1, 0.15) is 11.4 Å². The van der Waals surface area contributed by atoms with Crippen molar-refractivity contribution < 1.29 is 0 Å². The van der Waals surface area contributed by atoms with Crippen LogP contribution in [-0.2, 0) is 7.05 Å². The highest BCUT2D eigenvalue weighted by molar-refractivity contribution is 5.90. The lowest BCUT2D eigenvalue weighted by Gasteiger charge is -2.03. The van der Waals surface area contributed by atoms with Crippen LogP contribution in [0.25, 0.3) is 40.0 Å². The number of allylic oxidation sites excluding steroid dienone is 1. The fraction of sp³-hybridized carbons (Fsp3) is 0.0385. The van der Waals surface area contributed by atoms with E-state index in [2.05, 4.69) is 21.3 Å². The minimum absolute atomic E-state index is 0.398. The van der Waals surface area contributed by atoms with Gasteiger partial charge in [-0.1, -0.05) is 48.5 Å². The Morgan fingerprint density at radius 3 is 2.27 bits per heavy atom. The molecule has 7 nitrogen and oxygen atoms in total. The number of hydrogen-bond donors (Lipinski definition) is 0. The molecule has 0 spiro atoms. The maximum Gasteiger partial charge on any atom is 0.174 e. The molecule has 2 aromatic carbocycles. The van der Waals surface area contributed by atoms with Crippen molar-refractivity contribution in [1.29, 1.82) is 5.26 Å². The van der Waals surface area contributed by atoms with Crippen LogP contribution in [-0.4, -0.2) is 29.5 Å². The molecule has 0 aliphatic carbocycles. The van der Waals surface area contributed by atoms with Gasteiger partial charge in [0.25, 0.3) is 0 Å². The third kappa shape index (κ3) is 3.93. The number of hydrogen-bond acceptors (Lipinski definition) is 5. The topological polar surface area (TPSA) is 85.2 Å². The summed E-state index contributed by atoms with van der Waals surface area (Å²) in [6.07, 6.45) is 7.17. The highest BCUT2D eigenvalue weighted by Gasteiger charge is 2.17. The minimum atomic E-state index is 0.398. The summed E-state index contributed by atoms with van der Waals surface area (Å²) < 4.78 is 3.64. The lowest BCUT2D eigenvalue weighted by molar-refractivity contribution is 0.884. The van der Waals surface area contributed by atoms with Gasteiger partial charge in [-0.25, -0.2) is 4.68 Å². The van der Waals surface area contributed by atoms with Crippen molar-refractivity contribution in [1.82, 2.24) is 29.5 Å². The first-order valence-corrected chi connectivity index (χ1v) is 10.4. The fourth-order valence-electron chi connectivity index (χ4n) is 3.64. The fourth-order valence-corrected chi connectivity index (χ4v) is 3.64. The molecular weight excluding hydrogens is 410 g/mol. The molecule has 3 heterocycles. The van der Waals surface area contributed by atoms with Crippen LogP contribution < -0.4 is 0 Å². The van der Waals surface area contributed by atoms with Crippen LogP contribution in [0.5, 0.6) is 0 Å². The third-order valence-electron chi connectivity index (χ3n) is 5.29. The van der Waals surface area contributed by atoms with E-state index in [9.17, 15) is 5.26 Å². The van der Waals surface area contributed by atoms with Gasteiger partial charge in [-0.15, -0.1) is 10.2 Å². The third-order valence-corrected chi connectivity index (χ3v) is 5.29. The highest BCUT2D eigenvalue weighted by atomic mass is 15.3. The second kappa shape index (κ2) is 8.73. The summed E-state index contributed by atoms with van der Waals surface area (Å²) in [4.78, 5) is 4.11. The predicted molar refractivity (Wildman–Crippen MR) is 127 cm³/mol. The van der Waals surface area contributed by atoms with E-state index >= 15 is 0 Å². The Labute approximate surface area is 190 Å². The molecule has 0 saturated carbocycles. The maximum atomic E-state index is 9.99. The molecule has 0 atom stereocenters.